The number of hydrogen-bond acceptors (Lipinski definition) is 5. The first kappa shape index (κ1) is 17.7. The van der Waals surface area contributed by atoms with Crippen molar-refractivity contribution in [2.24, 2.45) is 0 Å². The molecule has 1 aromatic carbocycles. The predicted molar refractivity (Wildman–Crippen MR) is 85.3 cm³/mol. The largest absolute Gasteiger partial charge is 0.437 e. The van der Waals surface area contributed by atoms with Crippen molar-refractivity contribution in [3.63, 3.8) is 0 Å². The summed E-state index contributed by atoms with van der Waals surface area (Å²) in [6, 6.07) is 5.54. The highest BCUT2D eigenvalue weighted by Crippen LogP contribution is 2.37. The molecular weight excluding hydrogens is 375 g/mol. The van der Waals surface area contributed by atoms with Gasteiger partial charge in [-0.05, 0) is 24.3 Å². The van der Waals surface area contributed by atoms with Crippen LogP contribution in [0.4, 0.5) is 23.8 Å². The fourth-order valence-electron chi connectivity index (χ4n) is 2.04. The van der Waals surface area contributed by atoms with Crippen molar-refractivity contribution >= 4 is 23.5 Å². The van der Waals surface area contributed by atoms with E-state index >= 15 is 0 Å². The van der Waals surface area contributed by atoms with E-state index in [-0.39, 0.29) is 11.5 Å². The van der Waals surface area contributed by atoms with Gasteiger partial charge >= 0.3 is 12.3 Å². The molecule has 0 fully saturated rings. The van der Waals surface area contributed by atoms with Crippen LogP contribution in [-0.2, 0) is 6.18 Å². The lowest BCUT2D eigenvalue weighted by Gasteiger charge is -2.12. The number of carbonyl (C=O) groups excluding carboxylic acids is 1. The molecule has 0 bridgehead atoms. The number of nitrogens with zero attached hydrogens (tertiary/aromatic N) is 4. The number of rotatable bonds is 3. The Morgan fingerprint density at radius 2 is 1.88 bits per heavy atom. The molecule has 1 amide bonds. The molecule has 134 valence electrons. The highest BCUT2D eigenvalue weighted by atomic mass is 35.5. The number of anilines is 1. The Hall–Kier alpha value is -3.14. The summed E-state index contributed by atoms with van der Waals surface area (Å²) < 4.78 is 45.8. The molecule has 0 aliphatic heterocycles. The Morgan fingerprint density at radius 1 is 1.15 bits per heavy atom. The summed E-state index contributed by atoms with van der Waals surface area (Å²) in [6.45, 7) is 0. The number of hydrogen-bond donors (Lipinski definition) is 1. The maximum atomic E-state index is 13.5. The zero-order chi connectivity index (χ0) is 18.7. The van der Waals surface area contributed by atoms with Crippen LogP contribution in [0, 0.1) is 0 Å². The fourth-order valence-corrected chi connectivity index (χ4v) is 2.17. The van der Waals surface area contributed by atoms with Crippen molar-refractivity contribution in [2.75, 3.05) is 5.32 Å². The molecule has 0 unspecified atom stereocenters. The summed E-state index contributed by atoms with van der Waals surface area (Å²) in [4.78, 5) is 19.3. The van der Waals surface area contributed by atoms with E-state index in [1.165, 1.54) is 42.9 Å². The summed E-state index contributed by atoms with van der Waals surface area (Å²) in [5, 5.41) is 6.19. The zero-order valence-corrected chi connectivity index (χ0v) is 13.5. The van der Waals surface area contributed by atoms with Gasteiger partial charge in [0.25, 0.3) is 0 Å². The lowest BCUT2D eigenvalue weighted by atomic mass is 10.3. The number of halogens is 4. The minimum absolute atomic E-state index is 0.0242. The highest BCUT2D eigenvalue weighted by molar-refractivity contribution is 6.30. The third-order valence-electron chi connectivity index (χ3n) is 3.07. The van der Waals surface area contributed by atoms with Crippen LogP contribution in [0.2, 0.25) is 5.02 Å². The third kappa shape index (κ3) is 3.91. The van der Waals surface area contributed by atoms with Crippen LogP contribution in [0.15, 0.2) is 49.1 Å². The smallest absolute Gasteiger partial charge is 0.406 e. The third-order valence-corrected chi connectivity index (χ3v) is 3.32. The van der Waals surface area contributed by atoms with Crippen molar-refractivity contribution in [3.8, 4) is 11.4 Å². The van der Waals surface area contributed by atoms with Gasteiger partial charge in [-0.25, -0.2) is 14.5 Å². The van der Waals surface area contributed by atoms with E-state index in [2.05, 4.69) is 20.4 Å². The topological polar surface area (TPSA) is 81.9 Å². The van der Waals surface area contributed by atoms with Crippen molar-refractivity contribution in [1.29, 1.82) is 0 Å². The van der Waals surface area contributed by atoms with Crippen LogP contribution in [0.5, 0.6) is 5.75 Å². The first-order valence-electron chi connectivity index (χ1n) is 7.00. The molecule has 1 N–H and O–H groups in total. The minimum atomic E-state index is -4.82. The minimum Gasteiger partial charge on any atom is -0.406 e. The van der Waals surface area contributed by atoms with Gasteiger partial charge in [0.2, 0.25) is 0 Å². The molecule has 0 radical (unpaired) electrons. The van der Waals surface area contributed by atoms with E-state index in [9.17, 15) is 18.0 Å². The standard InChI is InChI=1S/C15H9ClF3N5O2/c16-9-1-3-10(4-2-9)24-13(15(17,18)19)11(7-22-24)26-14(25)23-12-8-20-5-6-21-12/h1-8H,(H,21,23,25). The number of carbonyl (C=O) groups is 1. The molecular formula is C15H9ClF3N5O2. The van der Waals surface area contributed by atoms with Gasteiger partial charge in [0, 0.05) is 17.4 Å². The molecule has 11 heteroatoms. The second-order valence-electron chi connectivity index (χ2n) is 4.85. The van der Waals surface area contributed by atoms with Crippen molar-refractivity contribution < 1.29 is 22.7 Å². The molecule has 0 spiro atoms. The Kier molecular flexibility index (Phi) is 4.76. The Bertz CT molecular complexity index is 913. The number of ether oxygens (including phenoxy) is 1. The first-order chi connectivity index (χ1) is 12.3. The number of amides is 1. The molecule has 2 aromatic heterocycles. The summed E-state index contributed by atoms with van der Waals surface area (Å²) in [5.74, 6) is -0.731. The zero-order valence-electron chi connectivity index (χ0n) is 12.7. The second kappa shape index (κ2) is 7.00. The normalized spacial score (nSPS) is 11.2. The number of benzene rings is 1. The summed E-state index contributed by atoms with van der Waals surface area (Å²) in [6.07, 6.45) is -1.30. The molecule has 26 heavy (non-hydrogen) atoms. The van der Waals surface area contributed by atoms with E-state index in [0.29, 0.717) is 9.70 Å². The monoisotopic (exact) mass is 383 g/mol. The van der Waals surface area contributed by atoms with Gasteiger partial charge in [-0.1, -0.05) is 11.6 Å². The molecule has 3 rings (SSSR count). The van der Waals surface area contributed by atoms with E-state index < -0.39 is 23.7 Å². The van der Waals surface area contributed by atoms with Gasteiger partial charge < -0.3 is 4.74 Å². The van der Waals surface area contributed by atoms with Crippen LogP contribution in [0.1, 0.15) is 5.69 Å². The molecule has 3 aromatic rings. The lowest BCUT2D eigenvalue weighted by Crippen LogP contribution is -2.20. The Morgan fingerprint density at radius 3 is 2.50 bits per heavy atom. The molecule has 0 atom stereocenters. The number of alkyl halides is 3. The number of aromatic nitrogens is 4. The van der Waals surface area contributed by atoms with Crippen LogP contribution in [0.25, 0.3) is 5.69 Å². The summed E-state index contributed by atoms with van der Waals surface area (Å²) in [7, 11) is 0. The Labute approximate surface area is 149 Å². The average molecular weight is 384 g/mol. The quantitative estimate of drug-likeness (QED) is 0.740. The molecule has 2 heterocycles. The SMILES string of the molecule is O=C(Nc1cnccn1)Oc1cnn(-c2ccc(Cl)cc2)c1C(F)(F)F. The van der Waals surface area contributed by atoms with E-state index in [4.69, 9.17) is 16.3 Å². The molecule has 0 aliphatic carbocycles. The van der Waals surface area contributed by atoms with Crippen LogP contribution in [-0.4, -0.2) is 25.8 Å². The van der Waals surface area contributed by atoms with Gasteiger partial charge in [-0.2, -0.15) is 18.3 Å². The van der Waals surface area contributed by atoms with Gasteiger partial charge in [0.05, 0.1) is 18.1 Å². The average Bonchev–Trinajstić information content (AvgIpc) is 3.00. The lowest BCUT2D eigenvalue weighted by molar-refractivity contribution is -0.143. The Balaban J connectivity index is 1.90. The first-order valence-corrected chi connectivity index (χ1v) is 7.38. The number of nitrogens with one attached hydrogen (secondary N) is 1. The van der Waals surface area contributed by atoms with Gasteiger partial charge in [0.15, 0.2) is 17.3 Å². The summed E-state index contributed by atoms with van der Waals surface area (Å²) >= 11 is 5.74. The van der Waals surface area contributed by atoms with Gasteiger partial charge in [-0.15, -0.1) is 0 Å². The van der Waals surface area contributed by atoms with Gasteiger partial charge in [0.1, 0.15) is 0 Å². The second-order valence-corrected chi connectivity index (χ2v) is 5.29. The molecule has 0 saturated carbocycles. The molecule has 0 aliphatic rings. The van der Waals surface area contributed by atoms with Crippen molar-refractivity contribution in [2.45, 2.75) is 6.18 Å². The molecule has 0 saturated heterocycles. The maximum absolute atomic E-state index is 13.5. The van der Waals surface area contributed by atoms with E-state index in [1.807, 2.05) is 0 Å². The van der Waals surface area contributed by atoms with Crippen LogP contribution >= 0.6 is 11.6 Å². The highest BCUT2D eigenvalue weighted by Gasteiger charge is 2.40. The van der Waals surface area contributed by atoms with Crippen molar-refractivity contribution in [1.82, 2.24) is 19.7 Å². The van der Waals surface area contributed by atoms with Crippen LogP contribution in [0.3, 0.4) is 0 Å². The van der Waals surface area contributed by atoms with Crippen LogP contribution < -0.4 is 10.1 Å². The van der Waals surface area contributed by atoms with Crippen molar-refractivity contribution in [3.05, 3.63) is 59.8 Å². The maximum Gasteiger partial charge on any atom is 0.437 e. The van der Waals surface area contributed by atoms with E-state index in [1.54, 1.807) is 0 Å². The predicted octanol–water partition coefficient (Wildman–Crippen LogP) is 3.95. The summed E-state index contributed by atoms with van der Waals surface area (Å²) in [5.41, 5.74) is -1.14. The fraction of sp³-hybridized carbons (Fsp3) is 0.0667. The van der Waals surface area contributed by atoms with E-state index in [0.717, 1.165) is 6.20 Å². The van der Waals surface area contributed by atoms with Gasteiger partial charge in [-0.3, -0.25) is 10.3 Å². The molecule has 7 nitrogen and oxygen atoms in total.